The SMILES string of the molecule is Cc1ccc(F)c(C(N)c2ccccc2I)c1. The maximum absolute atomic E-state index is 13.8. The van der Waals surface area contributed by atoms with Gasteiger partial charge in [-0.15, -0.1) is 0 Å². The molecule has 0 aliphatic heterocycles. The van der Waals surface area contributed by atoms with E-state index in [4.69, 9.17) is 5.73 Å². The molecule has 1 unspecified atom stereocenters. The minimum Gasteiger partial charge on any atom is -0.320 e. The van der Waals surface area contributed by atoms with E-state index in [-0.39, 0.29) is 5.82 Å². The van der Waals surface area contributed by atoms with Crippen molar-refractivity contribution in [3.05, 3.63) is 68.5 Å². The van der Waals surface area contributed by atoms with Gasteiger partial charge < -0.3 is 5.73 Å². The molecule has 2 N–H and O–H groups in total. The highest BCUT2D eigenvalue weighted by Gasteiger charge is 2.15. The van der Waals surface area contributed by atoms with Crippen LogP contribution in [0.4, 0.5) is 4.39 Å². The number of benzene rings is 2. The molecule has 2 aromatic rings. The first-order valence-electron chi connectivity index (χ1n) is 5.35. The summed E-state index contributed by atoms with van der Waals surface area (Å²) < 4.78 is 14.8. The lowest BCUT2D eigenvalue weighted by Gasteiger charge is -2.15. The van der Waals surface area contributed by atoms with Crippen LogP contribution < -0.4 is 5.73 Å². The van der Waals surface area contributed by atoms with Crippen molar-refractivity contribution in [3.63, 3.8) is 0 Å². The van der Waals surface area contributed by atoms with E-state index in [0.29, 0.717) is 5.56 Å². The van der Waals surface area contributed by atoms with Crippen LogP contribution in [0.3, 0.4) is 0 Å². The lowest BCUT2D eigenvalue weighted by molar-refractivity contribution is 0.598. The van der Waals surface area contributed by atoms with Crippen molar-refractivity contribution < 1.29 is 4.39 Å². The zero-order valence-corrected chi connectivity index (χ0v) is 11.6. The summed E-state index contributed by atoms with van der Waals surface area (Å²) in [5.41, 5.74) is 8.66. The fourth-order valence-electron chi connectivity index (χ4n) is 1.80. The number of nitrogens with two attached hydrogens (primary N) is 1. The maximum atomic E-state index is 13.8. The predicted molar refractivity (Wildman–Crippen MR) is 76.3 cm³/mol. The van der Waals surface area contributed by atoms with Gasteiger partial charge in [-0.25, -0.2) is 4.39 Å². The number of hydrogen-bond donors (Lipinski definition) is 1. The van der Waals surface area contributed by atoms with E-state index < -0.39 is 6.04 Å². The Labute approximate surface area is 114 Å². The molecule has 0 aliphatic rings. The first-order valence-corrected chi connectivity index (χ1v) is 6.43. The van der Waals surface area contributed by atoms with Crippen LogP contribution in [0.15, 0.2) is 42.5 Å². The summed E-state index contributed by atoms with van der Waals surface area (Å²) in [5.74, 6) is -0.247. The molecular formula is C14H13FIN. The van der Waals surface area contributed by atoms with E-state index in [1.165, 1.54) is 6.07 Å². The molecule has 3 heteroatoms. The molecule has 0 bridgehead atoms. The van der Waals surface area contributed by atoms with Gasteiger partial charge in [0, 0.05) is 9.13 Å². The van der Waals surface area contributed by atoms with Gasteiger partial charge in [-0.1, -0.05) is 35.9 Å². The molecule has 17 heavy (non-hydrogen) atoms. The predicted octanol–water partition coefficient (Wildman–Crippen LogP) is 3.79. The Hall–Kier alpha value is -0.940. The van der Waals surface area contributed by atoms with Crippen LogP contribution in [-0.2, 0) is 0 Å². The standard InChI is InChI=1S/C14H13FIN/c1-9-6-7-12(15)11(8-9)14(17)10-4-2-3-5-13(10)16/h2-8,14H,17H2,1H3. The second-order valence-corrected chi connectivity index (χ2v) is 5.19. The van der Waals surface area contributed by atoms with Gasteiger partial charge >= 0.3 is 0 Å². The van der Waals surface area contributed by atoms with E-state index in [2.05, 4.69) is 22.6 Å². The second-order valence-electron chi connectivity index (χ2n) is 4.02. The van der Waals surface area contributed by atoms with Crippen molar-refractivity contribution >= 4 is 22.6 Å². The third kappa shape index (κ3) is 2.66. The van der Waals surface area contributed by atoms with Crippen molar-refractivity contribution in [1.82, 2.24) is 0 Å². The Kier molecular flexibility index (Phi) is 3.79. The summed E-state index contributed by atoms with van der Waals surface area (Å²) in [7, 11) is 0. The van der Waals surface area contributed by atoms with Gasteiger partial charge in [0.15, 0.2) is 0 Å². The van der Waals surface area contributed by atoms with Crippen molar-refractivity contribution in [2.24, 2.45) is 5.73 Å². The number of halogens is 2. The average molecular weight is 341 g/mol. The molecule has 1 nitrogen and oxygen atoms in total. The van der Waals surface area contributed by atoms with E-state index in [1.54, 1.807) is 6.07 Å². The number of hydrogen-bond acceptors (Lipinski definition) is 1. The molecule has 0 radical (unpaired) electrons. The summed E-state index contributed by atoms with van der Waals surface area (Å²) in [5, 5.41) is 0. The molecule has 0 saturated carbocycles. The van der Waals surface area contributed by atoms with Crippen molar-refractivity contribution in [3.8, 4) is 0 Å². The van der Waals surface area contributed by atoms with Gasteiger partial charge in [0.25, 0.3) is 0 Å². The van der Waals surface area contributed by atoms with Gasteiger partial charge in [0.05, 0.1) is 6.04 Å². The van der Waals surface area contributed by atoms with Gasteiger partial charge in [-0.3, -0.25) is 0 Å². The fourth-order valence-corrected chi connectivity index (χ4v) is 2.52. The average Bonchev–Trinajstić information content (AvgIpc) is 2.32. The summed E-state index contributed by atoms with van der Waals surface area (Å²) in [6.45, 7) is 1.94. The van der Waals surface area contributed by atoms with Crippen LogP contribution in [0.25, 0.3) is 0 Å². The first-order chi connectivity index (χ1) is 8.09. The summed E-state index contributed by atoms with van der Waals surface area (Å²) >= 11 is 2.22. The smallest absolute Gasteiger partial charge is 0.128 e. The second kappa shape index (κ2) is 5.14. The van der Waals surface area contributed by atoms with Crippen LogP contribution in [0.5, 0.6) is 0 Å². The Morgan fingerprint density at radius 3 is 2.53 bits per heavy atom. The third-order valence-electron chi connectivity index (χ3n) is 2.73. The molecule has 2 aromatic carbocycles. The van der Waals surface area contributed by atoms with Crippen LogP contribution in [0, 0.1) is 16.3 Å². The molecule has 0 aromatic heterocycles. The Bertz CT molecular complexity index is 539. The van der Waals surface area contributed by atoms with Gasteiger partial charge in [0.2, 0.25) is 0 Å². The molecule has 1 atom stereocenters. The molecule has 0 aliphatic carbocycles. The monoisotopic (exact) mass is 341 g/mol. The zero-order chi connectivity index (χ0) is 12.4. The molecule has 0 heterocycles. The maximum Gasteiger partial charge on any atom is 0.128 e. The van der Waals surface area contributed by atoms with Crippen LogP contribution in [0.1, 0.15) is 22.7 Å². The highest BCUT2D eigenvalue weighted by molar-refractivity contribution is 14.1. The van der Waals surface area contributed by atoms with E-state index >= 15 is 0 Å². The quantitative estimate of drug-likeness (QED) is 0.827. The van der Waals surface area contributed by atoms with Crippen LogP contribution >= 0.6 is 22.6 Å². The summed E-state index contributed by atoms with van der Waals surface area (Å²) in [4.78, 5) is 0. The van der Waals surface area contributed by atoms with Crippen molar-refractivity contribution in [2.45, 2.75) is 13.0 Å². The molecule has 2 rings (SSSR count). The lowest BCUT2D eigenvalue weighted by atomic mass is 9.98. The highest BCUT2D eigenvalue weighted by Crippen LogP contribution is 2.26. The summed E-state index contributed by atoms with van der Waals surface area (Å²) in [6.07, 6.45) is 0. The molecular weight excluding hydrogens is 328 g/mol. The normalized spacial score (nSPS) is 12.5. The molecule has 0 saturated heterocycles. The van der Waals surface area contributed by atoms with Gasteiger partial charge in [-0.05, 0) is 47.2 Å². The molecule has 88 valence electrons. The van der Waals surface area contributed by atoms with E-state index in [0.717, 1.165) is 14.7 Å². The Morgan fingerprint density at radius 2 is 1.82 bits per heavy atom. The molecule has 0 spiro atoms. The molecule has 0 amide bonds. The van der Waals surface area contributed by atoms with Crippen LogP contribution in [0.2, 0.25) is 0 Å². The Balaban J connectivity index is 2.47. The van der Waals surface area contributed by atoms with Gasteiger partial charge in [-0.2, -0.15) is 0 Å². The minimum absolute atomic E-state index is 0.247. The molecule has 0 fully saturated rings. The first kappa shape index (κ1) is 12.5. The van der Waals surface area contributed by atoms with E-state index in [1.807, 2.05) is 37.3 Å². The largest absolute Gasteiger partial charge is 0.320 e. The van der Waals surface area contributed by atoms with Gasteiger partial charge in [0.1, 0.15) is 5.82 Å². The number of rotatable bonds is 2. The van der Waals surface area contributed by atoms with Crippen molar-refractivity contribution in [2.75, 3.05) is 0 Å². The van der Waals surface area contributed by atoms with Crippen molar-refractivity contribution in [1.29, 1.82) is 0 Å². The third-order valence-corrected chi connectivity index (χ3v) is 3.71. The Morgan fingerprint density at radius 1 is 1.12 bits per heavy atom. The van der Waals surface area contributed by atoms with E-state index in [9.17, 15) is 4.39 Å². The van der Waals surface area contributed by atoms with Crippen LogP contribution in [-0.4, -0.2) is 0 Å². The highest BCUT2D eigenvalue weighted by atomic mass is 127. The lowest BCUT2D eigenvalue weighted by Crippen LogP contribution is -2.15. The topological polar surface area (TPSA) is 26.0 Å². The number of aryl methyl sites for hydroxylation is 1. The summed E-state index contributed by atoms with van der Waals surface area (Å²) in [6, 6.07) is 12.4. The minimum atomic E-state index is -0.414. The fraction of sp³-hybridized carbons (Fsp3) is 0.143. The zero-order valence-electron chi connectivity index (χ0n) is 9.45.